The summed E-state index contributed by atoms with van der Waals surface area (Å²) in [5, 5.41) is 50.4. The van der Waals surface area contributed by atoms with Crippen molar-refractivity contribution in [3.05, 3.63) is 102 Å². The number of nitrogens with two attached hydrogens (primary N) is 2. The molecule has 5 aromatic carbocycles. The lowest BCUT2D eigenvalue weighted by Crippen LogP contribution is -2.11. The summed E-state index contributed by atoms with van der Waals surface area (Å²) in [6.45, 7) is -0.306. The number of rotatable bonds is 25. The lowest BCUT2D eigenvalue weighted by molar-refractivity contribution is -0.434. The third kappa shape index (κ3) is 16.5. The predicted octanol–water partition coefficient (Wildman–Crippen LogP) is 8.28. The Labute approximate surface area is 467 Å². The normalized spacial score (nSPS) is 12.3. The highest BCUT2D eigenvalue weighted by atomic mass is 35.5. The number of halogens is 2. The van der Waals surface area contributed by atoms with Gasteiger partial charge >= 0.3 is 0 Å². The molecule has 422 valence electrons. The summed E-state index contributed by atoms with van der Waals surface area (Å²) in [6.07, 6.45) is 0. The summed E-state index contributed by atoms with van der Waals surface area (Å²) < 4.78 is 142. The second-order valence-corrected chi connectivity index (χ2v) is 23.1. The molecule has 0 radical (unpaired) electrons. The van der Waals surface area contributed by atoms with Gasteiger partial charge in [0.1, 0.15) is 32.5 Å². The van der Waals surface area contributed by atoms with Gasteiger partial charge in [0, 0.05) is 22.7 Å². The van der Waals surface area contributed by atoms with Crippen LogP contribution in [0.5, 0.6) is 0 Å². The first-order valence-electron chi connectivity index (χ1n) is 20.8. The number of nitrogens with one attached hydrogen (secondary N) is 4. The van der Waals surface area contributed by atoms with Crippen LogP contribution in [-0.2, 0) is 63.1 Å². The summed E-state index contributed by atoms with van der Waals surface area (Å²) in [6, 6.07) is 18.1. The van der Waals surface area contributed by atoms with E-state index in [4.69, 9.17) is 49.4 Å². The average molecular weight is 1260 g/mol. The first-order valence-corrected chi connectivity index (χ1v) is 28.9. The van der Waals surface area contributed by atoms with E-state index in [1.807, 2.05) is 0 Å². The van der Waals surface area contributed by atoms with E-state index in [0.717, 1.165) is 30.3 Å². The molecule has 0 aliphatic carbocycles. The SMILES string of the molecule is Nc1c(N=Nc2cc(Nc3nc(Cl)nc(Nc4cccc(S(=O)(=O)O)c4)n3)ccc2S(=O)(=O)O)cc(S(=O)(=O)O)c(N)c1N=Nc1cc(Nc2nc(Cl)nc(Nc3ccc(S(=O)(=O)CCOSOOO)cc3)n2)ccc1SOOO. The molecule has 0 aliphatic heterocycles. The summed E-state index contributed by atoms with van der Waals surface area (Å²) in [7, 11) is -18.7. The van der Waals surface area contributed by atoms with Crippen molar-refractivity contribution in [2.24, 2.45) is 20.5 Å². The first-order chi connectivity index (χ1) is 37.8. The molecular weight excluding hydrogens is 1230 g/mol. The predicted molar refractivity (Wildman–Crippen MR) is 283 cm³/mol. The number of nitrogen functional groups attached to an aromatic ring is 2. The number of sulfone groups is 1. The van der Waals surface area contributed by atoms with Crippen molar-refractivity contribution < 1.29 is 80.8 Å². The quantitative estimate of drug-likeness (QED) is 0.00487. The molecule has 0 bridgehead atoms. The zero-order chi connectivity index (χ0) is 58.0. The van der Waals surface area contributed by atoms with Gasteiger partial charge in [-0.2, -0.15) is 55.2 Å². The molecule has 0 spiro atoms. The number of benzene rings is 5. The van der Waals surface area contributed by atoms with Crippen LogP contribution in [0.2, 0.25) is 10.6 Å². The number of azo groups is 2. The van der Waals surface area contributed by atoms with Crippen LogP contribution >= 0.6 is 47.6 Å². The molecule has 80 heavy (non-hydrogen) atoms. The Morgan fingerprint density at radius 3 is 1.60 bits per heavy atom. The highest BCUT2D eigenvalue weighted by molar-refractivity contribution is 7.94. The number of nitrogens with zero attached hydrogens (tertiary/aromatic N) is 10. The lowest BCUT2D eigenvalue weighted by Gasteiger charge is -2.12. The monoisotopic (exact) mass is 1260 g/mol. The molecule has 13 N–H and O–H groups in total. The molecule has 2 heterocycles. The summed E-state index contributed by atoms with van der Waals surface area (Å²) in [5.74, 6) is -1.24. The van der Waals surface area contributed by atoms with Crippen molar-refractivity contribution in [2.45, 2.75) is 24.5 Å². The first kappa shape index (κ1) is 60.4. The molecule has 0 amide bonds. The molecule has 2 aromatic heterocycles. The van der Waals surface area contributed by atoms with Crippen LogP contribution in [0.1, 0.15) is 0 Å². The third-order valence-electron chi connectivity index (χ3n) is 9.60. The topological polar surface area (TPSA) is 511 Å². The van der Waals surface area contributed by atoms with Gasteiger partial charge in [0.05, 0.1) is 50.5 Å². The molecule has 42 heteroatoms. The fourth-order valence-electron chi connectivity index (χ4n) is 6.21. The minimum Gasteiger partial charge on any atom is -0.396 e. The van der Waals surface area contributed by atoms with Crippen molar-refractivity contribution in [3.8, 4) is 0 Å². The van der Waals surface area contributed by atoms with Crippen molar-refractivity contribution >= 4 is 168 Å². The Hall–Kier alpha value is -7.20. The van der Waals surface area contributed by atoms with E-state index in [-0.39, 0.29) is 80.5 Å². The maximum Gasteiger partial charge on any atom is 0.296 e. The van der Waals surface area contributed by atoms with E-state index in [0.29, 0.717) is 23.8 Å². The Kier molecular flexibility index (Phi) is 19.6. The van der Waals surface area contributed by atoms with E-state index in [2.05, 4.69) is 90.4 Å². The summed E-state index contributed by atoms with van der Waals surface area (Å²) in [4.78, 5) is 22.0. The van der Waals surface area contributed by atoms with Gasteiger partial charge in [-0.1, -0.05) is 16.1 Å². The molecule has 7 rings (SSSR count). The van der Waals surface area contributed by atoms with E-state index in [9.17, 15) is 47.3 Å². The molecule has 0 aliphatic rings. The maximum atomic E-state index is 12.7. The van der Waals surface area contributed by atoms with Crippen LogP contribution in [0.4, 0.5) is 80.7 Å². The Morgan fingerprint density at radius 1 is 0.525 bits per heavy atom. The highest BCUT2D eigenvalue weighted by Gasteiger charge is 2.24. The molecule has 0 saturated heterocycles. The zero-order valence-corrected chi connectivity index (χ0v) is 45.4. The lowest BCUT2D eigenvalue weighted by atomic mass is 10.2. The van der Waals surface area contributed by atoms with Crippen molar-refractivity contribution in [1.29, 1.82) is 0 Å². The van der Waals surface area contributed by atoms with Crippen LogP contribution in [0.25, 0.3) is 0 Å². The van der Waals surface area contributed by atoms with Crippen LogP contribution in [0, 0.1) is 0 Å². The molecule has 0 unspecified atom stereocenters. The summed E-state index contributed by atoms with van der Waals surface area (Å²) in [5.41, 5.74) is 9.71. The number of hydrogen-bond acceptors (Lipinski definition) is 33. The van der Waals surface area contributed by atoms with Crippen molar-refractivity contribution in [2.75, 3.05) is 45.1 Å². The Morgan fingerprint density at radius 2 is 1.04 bits per heavy atom. The van der Waals surface area contributed by atoms with Gasteiger partial charge in [0.25, 0.3) is 30.4 Å². The minimum absolute atomic E-state index is 0.0372. The molecule has 0 fully saturated rings. The van der Waals surface area contributed by atoms with Gasteiger partial charge in [-0.05, 0) is 108 Å². The second kappa shape index (κ2) is 25.9. The standard InChI is InChI=1S/C38H32Cl2N16O18S6/c39-33-47-35(43-18-4-8-22(9-5-18)77(59,60)13-12-70-76-74-72-58)51-37(49-33)45-20-6-10-27(75-73-71-57)24(15-20)53-56-32-30(41)26(17-29(31(32)42)80(67,68)69)55-54-25-16-21(7-11-28(25)79(64,65)66)46-38-50-34(40)48-36(52-38)44-19-2-1-3-23(14-19)78(61,62)63/h1-11,14-17,57-58H,12-13,41-42H2,(H,61,62,63)(H,64,65,66)(H,67,68,69)(H2,43,45,47,49,51)(H2,44,46,48,50,52). The van der Waals surface area contributed by atoms with Crippen LogP contribution in [-0.4, -0.2) is 100 Å². The highest BCUT2D eigenvalue weighted by Crippen LogP contribution is 2.45. The number of anilines is 10. The Bertz CT molecular complexity index is 4000. The third-order valence-corrected chi connectivity index (χ3v) is 15.3. The van der Waals surface area contributed by atoms with E-state index in [1.165, 1.54) is 54.6 Å². The van der Waals surface area contributed by atoms with Gasteiger partial charge in [0.2, 0.25) is 34.4 Å². The molecular formula is C38H32Cl2N16O18S6. The maximum absolute atomic E-state index is 12.7. The average Bonchev–Trinajstić information content (AvgIpc) is 3.38. The fourth-order valence-corrected chi connectivity index (χ4v) is 10.1. The van der Waals surface area contributed by atoms with E-state index < -0.39 is 94.4 Å². The largest absolute Gasteiger partial charge is 0.396 e. The van der Waals surface area contributed by atoms with E-state index in [1.54, 1.807) is 0 Å². The number of hydrogen-bond donors (Lipinski definition) is 11. The van der Waals surface area contributed by atoms with E-state index >= 15 is 0 Å². The van der Waals surface area contributed by atoms with Gasteiger partial charge < -0.3 is 32.7 Å². The smallest absolute Gasteiger partial charge is 0.296 e. The molecule has 0 atom stereocenters. The molecule has 7 aromatic rings. The zero-order valence-electron chi connectivity index (χ0n) is 39.0. The minimum atomic E-state index is -5.23. The number of aromatic nitrogens is 6. The molecule has 0 saturated carbocycles. The Balaban J connectivity index is 1.16. The van der Waals surface area contributed by atoms with Gasteiger partial charge in [-0.25, -0.2) is 18.9 Å². The van der Waals surface area contributed by atoms with Crippen molar-refractivity contribution in [3.63, 3.8) is 0 Å². The van der Waals surface area contributed by atoms with Gasteiger partial charge in [0.15, 0.2) is 22.2 Å². The fraction of sp³-hybridized carbons (Fsp3) is 0.0526. The van der Waals surface area contributed by atoms with Crippen LogP contribution in [0.15, 0.2) is 136 Å². The summed E-state index contributed by atoms with van der Waals surface area (Å²) >= 11 is 12.9. The molecule has 34 nitrogen and oxygen atoms in total. The second-order valence-electron chi connectivity index (χ2n) is 14.9. The van der Waals surface area contributed by atoms with Gasteiger partial charge in [-0.3, -0.25) is 17.8 Å². The van der Waals surface area contributed by atoms with Crippen molar-refractivity contribution in [1.82, 2.24) is 29.9 Å². The van der Waals surface area contributed by atoms with Crippen LogP contribution in [0.3, 0.4) is 0 Å². The van der Waals surface area contributed by atoms with Gasteiger partial charge in [-0.15, -0.1) is 29.1 Å². The van der Waals surface area contributed by atoms with Crippen LogP contribution < -0.4 is 32.7 Å².